The summed E-state index contributed by atoms with van der Waals surface area (Å²) in [6.45, 7) is 6.91. The van der Waals surface area contributed by atoms with Gasteiger partial charge in [0.25, 0.3) is 0 Å². The number of rotatable bonds is 5. The number of amides is 1. The Labute approximate surface area is 114 Å². The van der Waals surface area contributed by atoms with E-state index in [0.29, 0.717) is 13.0 Å². The summed E-state index contributed by atoms with van der Waals surface area (Å²) in [5.41, 5.74) is 0.0423. The second-order valence-electron chi connectivity index (χ2n) is 6.04. The minimum Gasteiger partial charge on any atom is -0.354 e. The van der Waals surface area contributed by atoms with E-state index < -0.39 is 0 Å². The molecule has 0 aliphatic rings. The number of carbonyl (C=O) groups is 1. The molecule has 0 saturated heterocycles. The van der Waals surface area contributed by atoms with Crippen molar-refractivity contribution in [2.45, 2.75) is 33.2 Å². The van der Waals surface area contributed by atoms with E-state index in [-0.39, 0.29) is 17.4 Å². The predicted octanol–water partition coefficient (Wildman–Crippen LogP) is 2.90. The van der Waals surface area contributed by atoms with E-state index in [4.69, 9.17) is 0 Å². The van der Waals surface area contributed by atoms with Crippen LogP contribution in [-0.4, -0.2) is 31.4 Å². The highest BCUT2D eigenvalue weighted by Gasteiger charge is 2.19. The lowest BCUT2D eigenvalue weighted by atomic mass is 9.92. The van der Waals surface area contributed by atoms with Gasteiger partial charge in [0.15, 0.2) is 0 Å². The first-order valence-electron chi connectivity index (χ1n) is 6.26. The van der Waals surface area contributed by atoms with Gasteiger partial charge < -0.3 is 10.2 Å². The van der Waals surface area contributed by atoms with Crippen LogP contribution in [0, 0.1) is 5.41 Å². The van der Waals surface area contributed by atoms with Crippen molar-refractivity contribution in [3.05, 3.63) is 22.4 Å². The topological polar surface area (TPSA) is 32.3 Å². The van der Waals surface area contributed by atoms with Gasteiger partial charge in [-0.2, -0.15) is 0 Å². The Kier molecular flexibility index (Phi) is 5.35. The van der Waals surface area contributed by atoms with Crippen molar-refractivity contribution in [2.75, 3.05) is 20.6 Å². The maximum atomic E-state index is 11.8. The molecule has 0 saturated carbocycles. The van der Waals surface area contributed by atoms with Gasteiger partial charge in [-0.3, -0.25) is 4.79 Å². The molecule has 1 rings (SSSR count). The molecule has 1 aromatic rings. The van der Waals surface area contributed by atoms with E-state index in [9.17, 15) is 4.79 Å². The Hall–Kier alpha value is -0.870. The molecule has 0 aromatic carbocycles. The summed E-state index contributed by atoms with van der Waals surface area (Å²) in [4.78, 5) is 15.3. The van der Waals surface area contributed by atoms with Gasteiger partial charge in [-0.05, 0) is 31.0 Å². The predicted molar refractivity (Wildman–Crippen MR) is 77.8 cm³/mol. The minimum absolute atomic E-state index is 0.0423. The van der Waals surface area contributed by atoms with Crippen molar-refractivity contribution >= 4 is 17.2 Å². The van der Waals surface area contributed by atoms with Gasteiger partial charge in [0.05, 0.1) is 6.04 Å². The number of hydrogen-bond donors (Lipinski definition) is 1. The molecule has 0 bridgehead atoms. The first-order valence-corrected chi connectivity index (χ1v) is 7.14. The molecule has 1 amide bonds. The Morgan fingerprint density at radius 1 is 1.44 bits per heavy atom. The second kappa shape index (κ2) is 6.34. The van der Waals surface area contributed by atoms with Crippen LogP contribution in [0.4, 0.5) is 0 Å². The maximum absolute atomic E-state index is 11.8. The van der Waals surface area contributed by atoms with Crippen molar-refractivity contribution < 1.29 is 4.79 Å². The lowest BCUT2D eigenvalue weighted by molar-refractivity contribution is -0.123. The van der Waals surface area contributed by atoms with Crippen LogP contribution in [0.3, 0.4) is 0 Å². The summed E-state index contributed by atoms with van der Waals surface area (Å²) >= 11 is 1.73. The Balaban J connectivity index is 2.52. The van der Waals surface area contributed by atoms with Crippen LogP contribution < -0.4 is 5.32 Å². The van der Waals surface area contributed by atoms with Crippen molar-refractivity contribution in [1.82, 2.24) is 10.2 Å². The molecule has 1 atom stereocenters. The van der Waals surface area contributed by atoms with E-state index in [1.807, 2.05) is 20.2 Å². The molecule has 4 heteroatoms. The number of nitrogens with one attached hydrogen (secondary N) is 1. The first-order chi connectivity index (χ1) is 8.29. The highest BCUT2D eigenvalue weighted by atomic mass is 32.1. The number of nitrogens with zero attached hydrogens (tertiary/aromatic N) is 1. The molecule has 0 aliphatic heterocycles. The van der Waals surface area contributed by atoms with Gasteiger partial charge in [0.1, 0.15) is 0 Å². The summed E-state index contributed by atoms with van der Waals surface area (Å²) in [5, 5.41) is 5.11. The van der Waals surface area contributed by atoms with E-state index >= 15 is 0 Å². The summed E-state index contributed by atoms with van der Waals surface area (Å²) in [6, 6.07) is 4.42. The van der Waals surface area contributed by atoms with Gasteiger partial charge in [0, 0.05) is 17.8 Å². The third-order valence-corrected chi connectivity index (χ3v) is 3.65. The normalized spacial score (nSPS) is 13.7. The smallest absolute Gasteiger partial charge is 0.220 e. The highest BCUT2D eigenvalue weighted by molar-refractivity contribution is 7.10. The Morgan fingerprint density at radius 3 is 2.56 bits per heavy atom. The maximum Gasteiger partial charge on any atom is 0.220 e. The van der Waals surface area contributed by atoms with Crippen LogP contribution in [0.15, 0.2) is 17.5 Å². The fraction of sp³-hybridized carbons (Fsp3) is 0.643. The molecule has 1 aromatic heterocycles. The largest absolute Gasteiger partial charge is 0.354 e. The zero-order chi connectivity index (χ0) is 13.8. The summed E-state index contributed by atoms with van der Waals surface area (Å²) in [6.07, 6.45) is 0.567. The van der Waals surface area contributed by atoms with Crippen molar-refractivity contribution in [3.8, 4) is 0 Å². The molecule has 0 unspecified atom stereocenters. The quantitative estimate of drug-likeness (QED) is 0.890. The first kappa shape index (κ1) is 15.2. The van der Waals surface area contributed by atoms with Crippen LogP contribution in [0.1, 0.15) is 38.1 Å². The van der Waals surface area contributed by atoms with E-state index in [0.717, 1.165) is 0 Å². The van der Waals surface area contributed by atoms with Crippen LogP contribution in [0.2, 0.25) is 0 Å². The summed E-state index contributed by atoms with van der Waals surface area (Å²) in [7, 11) is 4.08. The molecular weight excluding hydrogens is 244 g/mol. The standard InChI is InChI=1S/C14H24N2OS/c1-14(2,3)9-13(17)15-10-11(16(4)5)12-7-6-8-18-12/h6-8,11H,9-10H2,1-5H3,(H,15,17)/t11-/m0/s1. The molecule has 3 nitrogen and oxygen atoms in total. The fourth-order valence-electron chi connectivity index (χ4n) is 1.77. The summed E-state index contributed by atoms with van der Waals surface area (Å²) in [5.74, 6) is 0.130. The fourth-order valence-corrected chi connectivity index (χ4v) is 2.70. The lowest BCUT2D eigenvalue weighted by Gasteiger charge is -2.24. The van der Waals surface area contributed by atoms with Crippen LogP contribution in [0.25, 0.3) is 0 Å². The molecular formula is C14H24N2OS. The van der Waals surface area contributed by atoms with Crippen molar-refractivity contribution in [3.63, 3.8) is 0 Å². The SMILES string of the molecule is CN(C)[C@@H](CNC(=O)CC(C)(C)C)c1cccs1. The molecule has 1 heterocycles. The number of thiophene rings is 1. The Morgan fingerprint density at radius 2 is 2.11 bits per heavy atom. The molecule has 18 heavy (non-hydrogen) atoms. The number of likely N-dealkylation sites (N-methyl/N-ethyl adjacent to an activating group) is 1. The number of hydrogen-bond acceptors (Lipinski definition) is 3. The van der Waals surface area contributed by atoms with E-state index in [2.05, 4.69) is 42.4 Å². The monoisotopic (exact) mass is 268 g/mol. The average molecular weight is 268 g/mol. The third kappa shape index (κ3) is 5.19. The van der Waals surface area contributed by atoms with Gasteiger partial charge >= 0.3 is 0 Å². The summed E-state index contributed by atoms with van der Waals surface area (Å²) < 4.78 is 0. The molecule has 0 fully saturated rings. The Bertz CT molecular complexity index is 366. The molecule has 102 valence electrons. The molecule has 1 N–H and O–H groups in total. The van der Waals surface area contributed by atoms with Crippen molar-refractivity contribution in [1.29, 1.82) is 0 Å². The van der Waals surface area contributed by atoms with Gasteiger partial charge in [-0.15, -0.1) is 11.3 Å². The number of carbonyl (C=O) groups excluding carboxylic acids is 1. The highest BCUT2D eigenvalue weighted by Crippen LogP contribution is 2.23. The van der Waals surface area contributed by atoms with Crippen LogP contribution >= 0.6 is 11.3 Å². The molecule has 0 spiro atoms. The zero-order valence-corrected chi connectivity index (χ0v) is 12.8. The molecule has 0 aliphatic carbocycles. The lowest BCUT2D eigenvalue weighted by Crippen LogP contribution is -2.35. The van der Waals surface area contributed by atoms with Crippen molar-refractivity contribution in [2.24, 2.45) is 5.41 Å². The van der Waals surface area contributed by atoms with E-state index in [1.54, 1.807) is 11.3 Å². The van der Waals surface area contributed by atoms with Crippen LogP contribution in [-0.2, 0) is 4.79 Å². The average Bonchev–Trinajstić information content (AvgIpc) is 2.67. The van der Waals surface area contributed by atoms with Gasteiger partial charge in [0.2, 0.25) is 5.91 Å². The molecule has 0 radical (unpaired) electrons. The van der Waals surface area contributed by atoms with Crippen LogP contribution in [0.5, 0.6) is 0 Å². The third-order valence-electron chi connectivity index (χ3n) is 2.68. The van der Waals surface area contributed by atoms with Gasteiger partial charge in [-0.1, -0.05) is 26.8 Å². The van der Waals surface area contributed by atoms with E-state index in [1.165, 1.54) is 4.88 Å². The minimum atomic E-state index is 0.0423. The van der Waals surface area contributed by atoms with Gasteiger partial charge in [-0.25, -0.2) is 0 Å². The second-order valence-corrected chi connectivity index (χ2v) is 7.02. The zero-order valence-electron chi connectivity index (χ0n) is 12.0.